The summed E-state index contributed by atoms with van der Waals surface area (Å²) in [5, 5.41) is 2.77. The summed E-state index contributed by atoms with van der Waals surface area (Å²) in [4.78, 5) is 27.7. The van der Waals surface area contributed by atoms with Gasteiger partial charge in [-0.15, -0.1) is 11.3 Å². The lowest BCUT2D eigenvalue weighted by Gasteiger charge is -2.05. The molecule has 0 spiro atoms. The first kappa shape index (κ1) is 15.5. The Balaban J connectivity index is 1.88. The molecule has 0 unspecified atom stereocenters. The molecule has 0 aromatic carbocycles. The lowest BCUT2D eigenvalue weighted by Crippen LogP contribution is -2.41. The molecule has 0 atom stereocenters. The van der Waals surface area contributed by atoms with Crippen LogP contribution in [0.3, 0.4) is 0 Å². The number of nitrogens with one attached hydrogen (secondary N) is 2. The van der Waals surface area contributed by atoms with Gasteiger partial charge in [0.25, 0.3) is 11.8 Å². The molecule has 0 aliphatic rings. The Labute approximate surface area is 134 Å². The molecule has 2 aromatic rings. The number of hydrogen-bond donors (Lipinski definition) is 2. The second-order valence-corrected chi connectivity index (χ2v) is 6.20. The molecule has 21 heavy (non-hydrogen) atoms. The van der Waals surface area contributed by atoms with E-state index < -0.39 is 11.8 Å². The van der Waals surface area contributed by atoms with Crippen LogP contribution in [0, 0.1) is 6.92 Å². The molecular weight excluding hydrogens is 356 g/mol. The number of hydrogen-bond acceptors (Lipinski definition) is 4. The summed E-state index contributed by atoms with van der Waals surface area (Å²) >= 11 is 4.78. The van der Waals surface area contributed by atoms with Crippen LogP contribution < -0.4 is 10.9 Å². The van der Waals surface area contributed by atoms with Crippen LogP contribution in [0.2, 0.25) is 0 Å². The maximum atomic E-state index is 11.9. The van der Waals surface area contributed by atoms with Gasteiger partial charge in [-0.3, -0.25) is 20.4 Å². The van der Waals surface area contributed by atoms with Gasteiger partial charge < -0.3 is 4.57 Å². The number of thiazole rings is 1. The largest absolute Gasteiger partial charge is 0.345 e. The van der Waals surface area contributed by atoms with Crippen molar-refractivity contribution < 1.29 is 9.59 Å². The minimum atomic E-state index is -0.428. The summed E-state index contributed by atoms with van der Waals surface area (Å²) < 4.78 is 2.44. The first-order valence-electron chi connectivity index (χ1n) is 5.98. The van der Waals surface area contributed by atoms with Crippen molar-refractivity contribution in [2.75, 3.05) is 0 Å². The van der Waals surface area contributed by atoms with E-state index in [0.29, 0.717) is 11.4 Å². The van der Waals surface area contributed by atoms with Crippen LogP contribution in [-0.2, 0) is 11.8 Å². The van der Waals surface area contributed by atoms with Gasteiger partial charge in [0.2, 0.25) is 0 Å². The molecule has 0 aliphatic heterocycles. The van der Waals surface area contributed by atoms with E-state index in [1.165, 1.54) is 17.4 Å². The molecule has 6 nitrogen and oxygen atoms in total. The molecule has 110 valence electrons. The van der Waals surface area contributed by atoms with Crippen molar-refractivity contribution >= 4 is 45.2 Å². The van der Waals surface area contributed by atoms with E-state index in [2.05, 4.69) is 31.8 Å². The number of carbonyl (C=O) groups is 2. The van der Waals surface area contributed by atoms with Gasteiger partial charge in [0.15, 0.2) is 0 Å². The van der Waals surface area contributed by atoms with Gasteiger partial charge in [0.05, 0.1) is 10.7 Å². The lowest BCUT2D eigenvalue weighted by molar-refractivity contribution is -0.117. The van der Waals surface area contributed by atoms with Crippen LogP contribution in [0.25, 0.3) is 6.08 Å². The van der Waals surface area contributed by atoms with Crippen molar-refractivity contribution in [2.24, 2.45) is 7.05 Å². The molecule has 0 bridgehead atoms. The molecule has 0 aliphatic carbocycles. The van der Waals surface area contributed by atoms with Crippen LogP contribution in [0.1, 0.15) is 21.2 Å². The van der Waals surface area contributed by atoms with E-state index in [4.69, 9.17) is 0 Å². The Hall–Kier alpha value is -1.93. The number of hydrazine groups is 1. The van der Waals surface area contributed by atoms with E-state index in [1.54, 1.807) is 30.0 Å². The molecular formula is C13H13BrN4O2S. The number of rotatable bonds is 3. The minimum Gasteiger partial charge on any atom is -0.345 e. The predicted molar refractivity (Wildman–Crippen MR) is 84.6 cm³/mol. The quantitative estimate of drug-likeness (QED) is 0.642. The van der Waals surface area contributed by atoms with Gasteiger partial charge in [-0.25, -0.2) is 4.98 Å². The third kappa shape index (κ3) is 4.27. The summed E-state index contributed by atoms with van der Waals surface area (Å²) in [6, 6.07) is 1.66. The van der Waals surface area contributed by atoms with Gasteiger partial charge >= 0.3 is 0 Å². The normalized spacial score (nSPS) is 10.8. The van der Waals surface area contributed by atoms with Crippen LogP contribution >= 0.6 is 27.3 Å². The van der Waals surface area contributed by atoms with Crippen molar-refractivity contribution in [2.45, 2.75) is 6.92 Å². The summed E-state index contributed by atoms with van der Waals surface area (Å²) in [7, 11) is 1.74. The fourth-order valence-electron chi connectivity index (χ4n) is 1.59. The molecule has 2 N–H and O–H groups in total. The topological polar surface area (TPSA) is 76.0 Å². The highest BCUT2D eigenvalue weighted by atomic mass is 79.9. The maximum Gasteiger partial charge on any atom is 0.286 e. The third-order valence-corrected chi connectivity index (χ3v) is 3.77. The molecule has 2 aromatic heterocycles. The molecule has 2 rings (SSSR count). The number of halogens is 1. The number of carbonyl (C=O) groups excluding carboxylic acids is 2. The van der Waals surface area contributed by atoms with Gasteiger partial charge in [0.1, 0.15) is 5.69 Å². The Morgan fingerprint density at radius 1 is 1.43 bits per heavy atom. The zero-order chi connectivity index (χ0) is 15.4. The number of aromatic nitrogens is 2. The average molecular weight is 369 g/mol. The lowest BCUT2D eigenvalue weighted by atomic mass is 10.4. The highest BCUT2D eigenvalue weighted by Gasteiger charge is 2.11. The molecule has 0 fully saturated rings. The molecule has 0 saturated heterocycles. The van der Waals surface area contributed by atoms with Gasteiger partial charge in [-0.2, -0.15) is 0 Å². The van der Waals surface area contributed by atoms with E-state index >= 15 is 0 Å². The number of aryl methyl sites for hydroxylation is 2. The van der Waals surface area contributed by atoms with Crippen molar-refractivity contribution in [3.8, 4) is 0 Å². The third-order valence-electron chi connectivity index (χ3n) is 2.55. The van der Waals surface area contributed by atoms with Gasteiger partial charge in [0, 0.05) is 29.2 Å². The first-order valence-corrected chi connectivity index (χ1v) is 7.65. The number of nitrogens with zero attached hydrogens (tertiary/aromatic N) is 2. The summed E-state index contributed by atoms with van der Waals surface area (Å²) in [6.45, 7) is 1.89. The van der Waals surface area contributed by atoms with E-state index in [-0.39, 0.29) is 0 Å². The molecule has 0 saturated carbocycles. The average Bonchev–Trinajstić information content (AvgIpc) is 2.99. The molecule has 2 heterocycles. The maximum absolute atomic E-state index is 11.9. The van der Waals surface area contributed by atoms with Crippen LogP contribution in [-0.4, -0.2) is 21.4 Å². The van der Waals surface area contributed by atoms with Crippen LogP contribution in [0.4, 0.5) is 0 Å². The highest BCUT2D eigenvalue weighted by molar-refractivity contribution is 9.10. The minimum absolute atomic E-state index is 0.394. The summed E-state index contributed by atoms with van der Waals surface area (Å²) in [5.41, 5.74) is 5.81. The van der Waals surface area contributed by atoms with Crippen LogP contribution in [0.5, 0.6) is 0 Å². The first-order chi connectivity index (χ1) is 9.95. The Bertz CT molecular complexity index is 705. The standard InChI is InChI=1S/C13H13BrN4O2S/c1-8-15-10(7-21-8)3-4-12(19)16-17-13(20)11-5-9(14)6-18(11)2/h3-7H,1-2H3,(H,16,19)(H,17,20)/b4-3+. The Morgan fingerprint density at radius 2 is 2.19 bits per heavy atom. The van der Waals surface area contributed by atoms with E-state index in [0.717, 1.165) is 9.48 Å². The highest BCUT2D eigenvalue weighted by Crippen LogP contribution is 2.13. The van der Waals surface area contributed by atoms with E-state index in [9.17, 15) is 9.59 Å². The van der Waals surface area contributed by atoms with Crippen molar-refractivity contribution in [1.82, 2.24) is 20.4 Å². The predicted octanol–water partition coefficient (Wildman–Crippen LogP) is 2.03. The second kappa shape index (κ2) is 6.68. The van der Waals surface area contributed by atoms with Gasteiger partial charge in [-0.05, 0) is 35.0 Å². The zero-order valence-corrected chi connectivity index (χ0v) is 13.8. The summed E-state index contributed by atoms with van der Waals surface area (Å²) in [6.07, 6.45) is 4.65. The smallest absolute Gasteiger partial charge is 0.286 e. The Kier molecular flexibility index (Phi) is 4.92. The summed E-state index contributed by atoms with van der Waals surface area (Å²) in [5.74, 6) is -0.822. The monoisotopic (exact) mass is 368 g/mol. The van der Waals surface area contributed by atoms with E-state index in [1.807, 2.05) is 12.3 Å². The van der Waals surface area contributed by atoms with Crippen molar-refractivity contribution in [3.63, 3.8) is 0 Å². The van der Waals surface area contributed by atoms with Gasteiger partial charge in [-0.1, -0.05) is 0 Å². The Morgan fingerprint density at radius 3 is 2.76 bits per heavy atom. The fourth-order valence-corrected chi connectivity index (χ4v) is 2.70. The molecule has 8 heteroatoms. The molecule has 2 amide bonds. The second-order valence-electron chi connectivity index (χ2n) is 4.22. The number of amides is 2. The van der Waals surface area contributed by atoms with Crippen LogP contribution in [0.15, 0.2) is 28.2 Å². The SMILES string of the molecule is Cc1nc(/C=C/C(=O)NNC(=O)c2cc(Br)cn2C)cs1. The van der Waals surface area contributed by atoms with Crippen molar-refractivity contribution in [1.29, 1.82) is 0 Å². The fraction of sp³-hybridized carbons (Fsp3) is 0.154. The molecule has 0 radical (unpaired) electrons. The zero-order valence-electron chi connectivity index (χ0n) is 11.4. The van der Waals surface area contributed by atoms with Crippen molar-refractivity contribution in [3.05, 3.63) is 44.6 Å².